The zero-order valence-electron chi connectivity index (χ0n) is 16.9. The molecule has 1 aromatic carbocycles. The van der Waals surface area contributed by atoms with Crippen molar-refractivity contribution in [2.45, 2.75) is 19.1 Å². The number of nitrogens with zero attached hydrogens (tertiary/aromatic N) is 3. The topological polar surface area (TPSA) is 87.9 Å². The number of ether oxygens (including phenoxy) is 1. The maximum atomic E-state index is 12.5. The van der Waals surface area contributed by atoms with E-state index in [-0.39, 0.29) is 22.8 Å². The average molecular weight is 419 g/mol. The first-order valence-electron chi connectivity index (χ1n) is 9.49. The summed E-state index contributed by atoms with van der Waals surface area (Å²) in [5.74, 6) is 1.97. The van der Waals surface area contributed by atoms with Gasteiger partial charge in [-0.2, -0.15) is 0 Å². The number of piperazine rings is 1. The molecular formula is C20H26N4O4S. The molecule has 2 amide bonds. The third-order valence-corrected chi connectivity index (χ3v) is 5.88. The normalized spacial score (nSPS) is 15.1. The summed E-state index contributed by atoms with van der Waals surface area (Å²) in [6.07, 6.45) is 0. The molecule has 156 valence electrons. The van der Waals surface area contributed by atoms with Gasteiger partial charge in [-0.25, -0.2) is 0 Å². The Labute approximate surface area is 174 Å². The molecule has 1 fully saturated rings. The molecule has 0 bridgehead atoms. The number of aromatic nitrogens is 1. The van der Waals surface area contributed by atoms with Gasteiger partial charge in [-0.1, -0.05) is 11.2 Å². The highest BCUT2D eigenvalue weighted by Crippen LogP contribution is 2.22. The van der Waals surface area contributed by atoms with Crippen LogP contribution >= 0.6 is 11.8 Å². The maximum Gasteiger partial charge on any atom is 0.238 e. The van der Waals surface area contributed by atoms with E-state index in [4.69, 9.17) is 9.26 Å². The van der Waals surface area contributed by atoms with E-state index in [1.807, 2.05) is 29.2 Å². The Hall–Kier alpha value is -2.68. The van der Waals surface area contributed by atoms with E-state index in [1.54, 1.807) is 27.0 Å². The van der Waals surface area contributed by atoms with Crippen LogP contribution in [0.1, 0.15) is 12.7 Å². The van der Waals surface area contributed by atoms with Crippen LogP contribution in [0.5, 0.6) is 5.75 Å². The fourth-order valence-corrected chi connectivity index (χ4v) is 3.82. The third kappa shape index (κ3) is 5.66. The molecule has 8 nitrogen and oxygen atoms in total. The van der Waals surface area contributed by atoms with Gasteiger partial charge >= 0.3 is 0 Å². The van der Waals surface area contributed by atoms with Gasteiger partial charge in [0.25, 0.3) is 0 Å². The van der Waals surface area contributed by atoms with E-state index in [9.17, 15) is 9.59 Å². The zero-order chi connectivity index (χ0) is 20.8. The summed E-state index contributed by atoms with van der Waals surface area (Å²) >= 11 is 1.32. The van der Waals surface area contributed by atoms with E-state index in [1.165, 1.54) is 11.8 Å². The summed E-state index contributed by atoms with van der Waals surface area (Å²) in [5, 5.41) is 6.07. The lowest BCUT2D eigenvalue weighted by molar-refractivity contribution is -0.128. The maximum absolute atomic E-state index is 12.5. The molecular weight excluding hydrogens is 392 g/mol. The fraction of sp³-hybridized carbons (Fsp3) is 0.450. The number of anilines is 2. The lowest BCUT2D eigenvalue weighted by atomic mass is 10.2. The van der Waals surface area contributed by atoms with E-state index in [2.05, 4.69) is 15.4 Å². The smallest absolute Gasteiger partial charge is 0.238 e. The highest BCUT2D eigenvalue weighted by atomic mass is 32.2. The number of rotatable bonds is 7. The highest BCUT2D eigenvalue weighted by Gasteiger charge is 2.23. The van der Waals surface area contributed by atoms with Crippen LogP contribution in [0.4, 0.5) is 11.5 Å². The van der Waals surface area contributed by atoms with Crippen molar-refractivity contribution in [1.29, 1.82) is 0 Å². The number of methoxy groups -OCH3 is 1. The van der Waals surface area contributed by atoms with Crippen LogP contribution in [0.3, 0.4) is 0 Å². The minimum absolute atomic E-state index is 0.0530. The molecule has 1 atom stereocenters. The molecule has 0 aliphatic carbocycles. The quantitative estimate of drug-likeness (QED) is 0.739. The molecule has 0 unspecified atom stereocenters. The fourth-order valence-electron chi connectivity index (χ4n) is 3.04. The van der Waals surface area contributed by atoms with Gasteiger partial charge in [0.05, 0.1) is 18.1 Å². The molecule has 3 rings (SSSR count). The Kier molecular flexibility index (Phi) is 7.03. The van der Waals surface area contributed by atoms with Crippen molar-refractivity contribution in [2.75, 3.05) is 49.3 Å². The molecule has 29 heavy (non-hydrogen) atoms. The molecule has 1 N–H and O–H groups in total. The van der Waals surface area contributed by atoms with Crippen LogP contribution < -0.4 is 15.0 Å². The number of hydrogen-bond acceptors (Lipinski definition) is 7. The molecule has 2 heterocycles. The Balaban J connectivity index is 1.42. The van der Waals surface area contributed by atoms with Gasteiger partial charge in [0.1, 0.15) is 11.5 Å². The Bertz CT molecular complexity index is 849. The predicted octanol–water partition coefficient (Wildman–Crippen LogP) is 2.40. The first-order chi connectivity index (χ1) is 14.0. The van der Waals surface area contributed by atoms with Crippen molar-refractivity contribution in [1.82, 2.24) is 10.1 Å². The molecule has 1 saturated heterocycles. The Morgan fingerprint density at radius 2 is 2.03 bits per heavy atom. The molecule has 0 saturated carbocycles. The Morgan fingerprint density at radius 1 is 1.28 bits per heavy atom. The SMILES string of the molecule is COc1cccc(N2CCN(C(=O)CS[C@@H](C)C(=O)Nc3cc(C)on3)CC2)c1. The summed E-state index contributed by atoms with van der Waals surface area (Å²) in [7, 11) is 1.65. The van der Waals surface area contributed by atoms with Crippen molar-refractivity contribution in [3.63, 3.8) is 0 Å². The Morgan fingerprint density at radius 3 is 2.69 bits per heavy atom. The van der Waals surface area contributed by atoms with Crippen LogP contribution in [-0.2, 0) is 9.59 Å². The minimum atomic E-state index is -0.367. The molecule has 0 spiro atoms. The molecule has 1 aromatic heterocycles. The molecule has 0 radical (unpaired) electrons. The molecule has 1 aliphatic rings. The van der Waals surface area contributed by atoms with Gasteiger partial charge in [0.15, 0.2) is 5.82 Å². The number of carbonyl (C=O) groups is 2. The van der Waals surface area contributed by atoms with Gasteiger partial charge in [-0.05, 0) is 26.0 Å². The van der Waals surface area contributed by atoms with E-state index >= 15 is 0 Å². The van der Waals surface area contributed by atoms with Crippen LogP contribution in [0, 0.1) is 6.92 Å². The van der Waals surface area contributed by atoms with Crippen LogP contribution in [0.2, 0.25) is 0 Å². The number of hydrogen-bond donors (Lipinski definition) is 1. The van der Waals surface area contributed by atoms with E-state index in [0.717, 1.165) is 24.5 Å². The number of amides is 2. The van der Waals surface area contributed by atoms with Gasteiger partial charge in [0, 0.05) is 44.0 Å². The van der Waals surface area contributed by atoms with Crippen molar-refractivity contribution in [2.24, 2.45) is 0 Å². The van der Waals surface area contributed by atoms with Crippen LogP contribution in [0.15, 0.2) is 34.9 Å². The summed E-state index contributed by atoms with van der Waals surface area (Å²) in [5.41, 5.74) is 1.10. The zero-order valence-corrected chi connectivity index (χ0v) is 17.7. The van der Waals surface area contributed by atoms with Gasteiger partial charge in [0.2, 0.25) is 11.8 Å². The summed E-state index contributed by atoms with van der Waals surface area (Å²) in [6, 6.07) is 9.59. The summed E-state index contributed by atoms with van der Waals surface area (Å²) in [6.45, 7) is 6.40. The average Bonchev–Trinajstić information content (AvgIpc) is 3.16. The first-order valence-corrected chi connectivity index (χ1v) is 10.5. The molecule has 2 aromatic rings. The lowest BCUT2D eigenvalue weighted by Gasteiger charge is -2.36. The molecule has 9 heteroatoms. The second-order valence-electron chi connectivity index (χ2n) is 6.83. The van der Waals surface area contributed by atoms with Gasteiger partial charge < -0.3 is 24.4 Å². The van der Waals surface area contributed by atoms with Crippen LogP contribution in [0.25, 0.3) is 0 Å². The first kappa shape index (κ1) is 21.0. The number of aryl methyl sites for hydroxylation is 1. The second-order valence-corrected chi connectivity index (χ2v) is 8.16. The lowest BCUT2D eigenvalue weighted by Crippen LogP contribution is -2.49. The number of thioether (sulfide) groups is 1. The monoisotopic (exact) mass is 418 g/mol. The number of carbonyl (C=O) groups excluding carboxylic acids is 2. The van der Waals surface area contributed by atoms with E-state index in [0.29, 0.717) is 24.7 Å². The summed E-state index contributed by atoms with van der Waals surface area (Å²) in [4.78, 5) is 28.8. The minimum Gasteiger partial charge on any atom is -0.497 e. The van der Waals surface area contributed by atoms with Gasteiger partial charge in [-0.3, -0.25) is 9.59 Å². The third-order valence-electron chi connectivity index (χ3n) is 4.76. The number of benzene rings is 1. The largest absolute Gasteiger partial charge is 0.497 e. The van der Waals surface area contributed by atoms with Crippen molar-refractivity contribution in [3.8, 4) is 5.75 Å². The van der Waals surface area contributed by atoms with Crippen molar-refractivity contribution < 1.29 is 18.8 Å². The van der Waals surface area contributed by atoms with Gasteiger partial charge in [-0.15, -0.1) is 11.8 Å². The second kappa shape index (κ2) is 9.69. The highest BCUT2D eigenvalue weighted by molar-refractivity contribution is 8.01. The molecule has 1 aliphatic heterocycles. The predicted molar refractivity (Wildman–Crippen MR) is 114 cm³/mol. The standard InChI is InChI=1S/C20H26N4O4S/c1-14-11-18(22-28-14)21-20(26)15(2)29-13-19(25)24-9-7-23(8-10-24)16-5-4-6-17(12-16)27-3/h4-6,11-12,15H,7-10,13H2,1-3H3,(H,21,22,26)/t15-/m0/s1. The van der Waals surface area contributed by atoms with Crippen molar-refractivity contribution in [3.05, 3.63) is 36.1 Å². The number of nitrogens with one attached hydrogen (secondary N) is 1. The summed E-state index contributed by atoms with van der Waals surface area (Å²) < 4.78 is 10.2. The van der Waals surface area contributed by atoms with Crippen LogP contribution in [-0.4, -0.2) is 66.2 Å². The van der Waals surface area contributed by atoms with Crippen molar-refractivity contribution >= 4 is 35.1 Å². The van der Waals surface area contributed by atoms with E-state index < -0.39 is 0 Å².